The molecule has 1 aliphatic rings. The average molecular weight is 418 g/mol. The molecule has 0 amide bonds. The quantitative estimate of drug-likeness (QED) is 0.659. The molecule has 0 N–H and O–H groups in total. The summed E-state index contributed by atoms with van der Waals surface area (Å²) in [5, 5.41) is 1.28. The van der Waals surface area contributed by atoms with Crippen LogP contribution in [0.25, 0.3) is 0 Å². The van der Waals surface area contributed by atoms with Gasteiger partial charge in [-0.2, -0.15) is 0 Å². The van der Waals surface area contributed by atoms with Gasteiger partial charge >= 0.3 is 0 Å². The highest BCUT2D eigenvalue weighted by atomic mass is 35.5. The molecule has 1 heterocycles. The number of methoxy groups -OCH3 is 1. The van der Waals surface area contributed by atoms with Crippen LogP contribution < -0.4 is 4.74 Å². The number of fused-ring (bicyclic) bond motifs is 1. The van der Waals surface area contributed by atoms with Gasteiger partial charge in [0.2, 0.25) is 0 Å². The highest BCUT2D eigenvalue weighted by Gasteiger charge is 2.24. The third kappa shape index (κ3) is 3.80. The Morgan fingerprint density at radius 3 is 2.46 bits per heavy atom. The van der Waals surface area contributed by atoms with Crippen LogP contribution in [0.15, 0.2) is 57.8 Å². The Bertz CT molecular complexity index is 1010. The van der Waals surface area contributed by atoms with Crippen LogP contribution in [0, 0.1) is 5.82 Å². The molecule has 0 fully saturated rings. The van der Waals surface area contributed by atoms with Crippen LogP contribution in [0.2, 0.25) is 5.02 Å². The Kier molecular flexibility index (Phi) is 6.10. The number of ether oxygens (including phenoxy) is 1. The van der Waals surface area contributed by atoms with Gasteiger partial charge in [-0.25, -0.2) is 14.4 Å². The first-order chi connectivity index (χ1) is 13.4. The van der Waals surface area contributed by atoms with Crippen molar-refractivity contribution < 1.29 is 9.13 Å². The number of benzene rings is 2. The van der Waals surface area contributed by atoms with Crippen LogP contribution in [0.3, 0.4) is 0 Å². The van der Waals surface area contributed by atoms with E-state index in [4.69, 9.17) is 26.3 Å². The molecule has 4 nitrogen and oxygen atoms in total. The summed E-state index contributed by atoms with van der Waals surface area (Å²) < 4.78 is 19.7. The SMILES string of the molecule is COc1cc2c(cc1F)C(c1ccccc1Cl)=NC(=C(C)N(C)C)C(SC)=N2. The first-order valence-electron chi connectivity index (χ1n) is 8.60. The second-order valence-electron chi connectivity index (χ2n) is 6.39. The molecule has 0 spiro atoms. The van der Waals surface area contributed by atoms with Gasteiger partial charge < -0.3 is 9.64 Å². The van der Waals surface area contributed by atoms with Gasteiger partial charge in [-0.05, 0) is 25.3 Å². The zero-order chi connectivity index (χ0) is 20.4. The average Bonchev–Trinajstić information content (AvgIpc) is 2.83. The molecule has 0 bridgehead atoms. The maximum absolute atomic E-state index is 14.6. The predicted molar refractivity (Wildman–Crippen MR) is 117 cm³/mol. The number of halogens is 2. The lowest BCUT2D eigenvalue weighted by atomic mass is 10.00. The summed E-state index contributed by atoms with van der Waals surface area (Å²) in [6, 6.07) is 10.4. The van der Waals surface area contributed by atoms with Crippen molar-refractivity contribution in [2.45, 2.75) is 6.92 Å². The molecule has 28 heavy (non-hydrogen) atoms. The predicted octanol–water partition coefficient (Wildman–Crippen LogP) is 5.52. The van der Waals surface area contributed by atoms with Crippen molar-refractivity contribution >= 4 is 39.8 Å². The second-order valence-corrected chi connectivity index (χ2v) is 7.60. The van der Waals surface area contributed by atoms with E-state index < -0.39 is 5.82 Å². The number of hydrogen-bond donors (Lipinski definition) is 0. The van der Waals surface area contributed by atoms with E-state index in [1.807, 2.05) is 50.4 Å². The topological polar surface area (TPSA) is 37.2 Å². The van der Waals surface area contributed by atoms with Crippen LogP contribution in [0.4, 0.5) is 10.1 Å². The lowest BCUT2D eigenvalue weighted by Crippen LogP contribution is -2.14. The lowest BCUT2D eigenvalue weighted by molar-refractivity contribution is 0.386. The summed E-state index contributed by atoms with van der Waals surface area (Å²) in [4.78, 5) is 11.7. The molecule has 7 heteroatoms. The number of thioether (sulfide) groups is 1. The van der Waals surface area contributed by atoms with Crippen molar-refractivity contribution in [3.8, 4) is 5.75 Å². The molecule has 0 unspecified atom stereocenters. The van der Waals surface area contributed by atoms with Crippen LogP contribution in [0.1, 0.15) is 18.1 Å². The van der Waals surface area contributed by atoms with Crippen molar-refractivity contribution in [2.24, 2.45) is 9.98 Å². The van der Waals surface area contributed by atoms with Crippen molar-refractivity contribution in [2.75, 3.05) is 27.5 Å². The minimum atomic E-state index is -0.473. The fourth-order valence-corrected chi connectivity index (χ4v) is 3.61. The van der Waals surface area contributed by atoms with Crippen LogP contribution in [-0.4, -0.2) is 43.1 Å². The van der Waals surface area contributed by atoms with Gasteiger partial charge in [-0.3, -0.25) is 0 Å². The summed E-state index contributed by atoms with van der Waals surface area (Å²) in [5.74, 6) is -0.336. The molecule has 2 aromatic rings. The normalized spacial score (nSPS) is 15.2. The highest BCUT2D eigenvalue weighted by molar-refractivity contribution is 8.13. The first-order valence-corrected chi connectivity index (χ1v) is 10.2. The molecule has 0 aromatic heterocycles. The molecule has 0 saturated carbocycles. The maximum atomic E-state index is 14.6. The van der Waals surface area contributed by atoms with Crippen LogP contribution >= 0.6 is 23.4 Å². The summed E-state index contributed by atoms with van der Waals surface area (Å²) in [7, 11) is 5.34. The molecule has 0 atom stereocenters. The van der Waals surface area contributed by atoms with E-state index in [1.165, 1.54) is 24.9 Å². The maximum Gasteiger partial charge on any atom is 0.165 e. The van der Waals surface area contributed by atoms with Gasteiger partial charge in [0, 0.05) is 42.0 Å². The molecule has 146 valence electrons. The second kappa shape index (κ2) is 8.37. The van der Waals surface area contributed by atoms with Gasteiger partial charge in [-0.1, -0.05) is 29.8 Å². The Hall–Kier alpha value is -2.31. The molecule has 0 aliphatic carbocycles. The summed E-state index contributed by atoms with van der Waals surface area (Å²) in [6.07, 6.45) is 1.94. The molecule has 1 aliphatic heterocycles. The molecular formula is C21H21ClFN3OS. The number of aliphatic imine (C=N–C) groups is 2. The minimum absolute atomic E-state index is 0.137. The van der Waals surface area contributed by atoms with E-state index in [0.717, 1.165) is 22.0 Å². The Morgan fingerprint density at radius 2 is 1.86 bits per heavy atom. The Balaban J connectivity index is 2.41. The molecule has 2 aromatic carbocycles. The fraction of sp³-hybridized carbons (Fsp3) is 0.238. The Morgan fingerprint density at radius 1 is 1.14 bits per heavy atom. The smallest absolute Gasteiger partial charge is 0.165 e. The van der Waals surface area contributed by atoms with Crippen molar-refractivity contribution in [1.29, 1.82) is 0 Å². The van der Waals surface area contributed by atoms with E-state index in [0.29, 0.717) is 22.0 Å². The summed E-state index contributed by atoms with van der Waals surface area (Å²) in [6.45, 7) is 1.98. The summed E-state index contributed by atoms with van der Waals surface area (Å²) in [5.41, 5.74) is 4.12. The van der Waals surface area contributed by atoms with Gasteiger partial charge in [0.15, 0.2) is 11.6 Å². The summed E-state index contributed by atoms with van der Waals surface area (Å²) >= 11 is 7.95. The first kappa shape index (κ1) is 20.4. The Labute approximate surface area is 173 Å². The van der Waals surface area contributed by atoms with Gasteiger partial charge in [0.05, 0.1) is 18.5 Å². The highest BCUT2D eigenvalue weighted by Crippen LogP contribution is 2.36. The van der Waals surface area contributed by atoms with E-state index in [9.17, 15) is 4.39 Å². The number of nitrogens with zero attached hydrogens (tertiary/aromatic N) is 3. The van der Waals surface area contributed by atoms with Crippen LogP contribution in [-0.2, 0) is 0 Å². The number of rotatable bonds is 3. The van der Waals surface area contributed by atoms with E-state index in [2.05, 4.69) is 0 Å². The third-order valence-corrected chi connectivity index (χ3v) is 5.51. The minimum Gasteiger partial charge on any atom is -0.494 e. The fourth-order valence-electron chi connectivity index (χ4n) is 2.81. The van der Waals surface area contributed by atoms with Gasteiger partial charge in [0.1, 0.15) is 10.7 Å². The van der Waals surface area contributed by atoms with Crippen molar-refractivity contribution in [3.63, 3.8) is 0 Å². The molecule has 3 rings (SSSR count). The van der Waals surface area contributed by atoms with Gasteiger partial charge in [-0.15, -0.1) is 11.8 Å². The molecule has 0 saturated heterocycles. The monoisotopic (exact) mass is 417 g/mol. The molecular weight excluding hydrogens is 397 g/mol. The number of hydrogen-bond acceptors (Lipinski definition) is 5. The van der Waals surface area contributed by atoms with Gasteiger partial charge in [0.25, 0.3) is 0 Å². The van der Waals surface area contributed by atoms with E-state index in [-0.39, 0.29) is 5.75 Å². The number of allylic oxidation sites excluding steroid dienone is 1. The van der Waals surface area contributed by atoms with E-state index >= 15 is 0 Å². The van der Waals surface area contributed by atoms with E-state index in [1.54, 1.807) is 12.1 Å². The van der Waals surface area contributed by atoms with Crippen LogP contribution in [0.5, 0.6) is 5.75 Å². The molecule has 0 radical (unpaired) electrons. The lowest BCUT2D eigenvalue weighted by Gasteiger charge is -2.17. The largest absolute Gasteiger partial charge is 0.494 e. The zero-order valence-electron chi connectivity index (χ0n) is 16.4. The van der Waals surface area contributed by atoms with Crippen molar-refractivity contribution in [1.82, 2.24) is 4.90 Å². The van der Waals surface area contributed by atoms with Crippen molar-refractivity contribution in [3.05, 3.63) is 69.8 Å². The standard InChI is InChI=1S/C21H21ClFN3OS/c1-12(26(2)3)19-21(28-5)24-17-11-18(27-4)16(23)10-14(17)20(25-19)13-8-6-7-9-15(13)22/h6-11H,1-5H3. The zero-order valence-corrected chi connectivity index (χ0v) is 18.0. The third-order valence-electron chi connectivity index (χ3n) is 4.51.